The molecule has 0 aliphatic carbocycles. The van der Waals surface area contributed by atoms with Crippen LogP contribution in [0.1, 0.15) is 0 Å². The number of nitrogens with one attached hydrogen (secondary N) is 1. The monoisotopic (exact) mass is 433 g/mol. The van der Waals surface area contributed by atoms with E-state index >= 15 is 0 Å². The Balaban J connectivity index is 1.41. The van der Waals surface area contributed by atoms with Crippen molar-refractivity contribution in [2.24, 2.45) is 0 Å². The first-order valence-electron chi connectivity index (χ1n) is 9.87. The van der Waals surface area contributed by atoms with Crippen molar-refractivity contribution in [2.45, 2.75) is 6.36 Å². The van der Waals surface area contributed by atoms with Crippen molar-refractivity contribution in [1.29, 1.82) is 0 Å². The summed E-state index contributed by atoms with van der Waals surface area (Å²) >= 11 is 0. The second-order valence-corrected chi connectivity index (χ2v) is 7.16. The van der Waals surface area contributed by atoms with Crippen LogP contribution in [0.2, 0.25) is 0 Å². The Morgan fingerprint density at radius 3 is 2.32 bits per heavy atom. The average Bonchev–Trinajstić information content (AvgIpc) is 3.24. The number of nitrogens with zero attached hydrogens (tertiary/aromatic N) is 4. The zero-order chi connectivity index (χ0) is 21.8. The van der Waals surface area contributed by atoms with E-state index < -0.39 is 6.36 Å². The van der Waals surface area contributed by atoms with Crippen LogP contribution in [0.3, 0.4) is 0 Å². The molecule has 1 saturated heterocycles. The lowest BCUT2D eigenvalue weighted by Crippen LogP contribution is -2.47. The molecule has 31 heavy (non-hydrogen) atoms. The highest BCUT2D eigenvalue weighted by Crippen LogP contribution is 2.27. The number of H-pyrrole nitrogens is 1. The summed E-state index contributed by atoms with van der Waals surface area (Å²) in [5.41, 5.74) is 2.09. The van der Waals surface area contributed by atoms with Crippen LogP contribution >= 0.6 is 0 Å². The Hall–Kier alpha value is -3.11. The van der Waals surface area contributed by atoms with Crippen molar-refractivity contribution in [1.82, 2.24) is 19.9 Å². The van der Waals surface area contributed by atoms with E-state index in [-0.39, 0.29) is 12.4 Å². The normalized spacial score (nSPS) is 15.3. The van der Waals surface area contributed by atoms with Crippen LogP contribution in [0.5, 0.6) is 5.75 Å². The molecule has 1 aliphatic heterocycles. The number of aliphatic hydroxyl groups excluding tert-OH is 1. The number of β-amino-alcohol motifs (C(OH)–C–C–N with tert-alkyl or cyclic N) is 1. The van der Waals surface area contributed by atoms with Crippen molar-refractivity contribution in [3.63, 3.8) is 0 Å². The molecule has 1 aromatic carbocycles. The molecular formula is C21H22F3N5O2. The number of pyridine rings is 1. The van der Waals surface area contributed by atoms with Crippen LogP contribution in [0.15, 0.2) is 48.8 Å². The maximum atomic E-state index is 12.3. The van der Waals surface area contributed by atoms with E-state index in [1.165, 1.54) is 24.3 Å². The zero-order valence-corrected chi connectivity index (χ0v) is 16.6. The van der Waals surface area contributed by atoms with Crippen molar-refractivity contribution < 1.29 is 23.0 Å². The van der Waals surface area contributed by atoms with Crippen LogP contribution < -0.4 is 9.64 Å². The van der Waals surface area contributed by atoms with Gasteiger partial charge in [-0.1, -0.05) is 0 Å². The Morgan fingerprint density at radius 1 is 1.00 bits per heavy atom. The van der Waals surface area contributed by atoms with E-state index in [0.717, 1.165) is 37.6 Å². The predicted octanol–water partition coefficient (Wildman–Crippen LogP) is 3.15. The Morgan fingerprint density at radius 2 is 1.71 bits per heavy atom. The Kier molecular flexibility index (Phi) is 6.10. The van der Waals surface area contributed by atoms with E-state index in [1.54, 1.807) is 12.4 Å². The van der Waals surface area contributed by atoms with Crippen LogP contribution in [0.25, 0.3) is 22.6 Å². The molecule has 0 saturated carbocycles. The Bertz CT molecular complexity index is 981. The number of alkyl halides is 3. The predicted molar refractivity (Wildman–Crippen MR) is 110 cm³/mol. The van der Waals surface area contributed by atoms with Gasteiger partial charge in [0.05, 0.1) is 12.3 Å². The van der Waals surface area contributed by atoms with Gasteiger partial charge in [0.25, 0.3) is 0 Å². The van der Waals surface area contributed by atoms with Crippen LogP contribution in [0.4, 0.5) is 19.0 Å². The van der Waals surface area contributed by atoms with Crippen molar-refractivity contribution in [3.05, 3.63) is 48.8 Å². The Labute approximate surface area is 177 Å². The first-order chi connectivity index (χ1) is 14.9. The van der Waals surface area contributed by atoms with Gasteiger partial charge in [-0.15, -0.1) is 13.2 Å². The summed E-state index contributed by atoms with van der Waals surface area (Å²) in [5.74, 6) is 1.24. The fourth-order valence-electron chi connectivity index (χ4n) is 3.50. The molecule has 4 rings (SSSR count). The molecule has 3 heterocycles. The molecule has 0 bridgehead atoms. The second-order valence-electron chi connectivity index (χ2n) is 7.16. The number of aliphatic hydroxyl groups is 1. The molecule has 1 aliphatic rings. The summed E-state index contributed by atoms with van der Waals surface area (Å²) in [7, 11) is 0. The summed E-state index contributed by atoms with van der Waals surface area (Å²) in [6.07, 6.45) is -1.27. The fraction of sp³-hybridized carbons (Fsp3) is 0.333. The van der Waals surface area contributed by atoms with E-state index in [2.05, 4.69) is 29.5 Å². The lowest BCUT2D eigenvalue weighted by molar-refractivity contribution is -0.274. The van der Waals surface area contributed by atoms with E-state index in [0.29, 0.717) is 23.6 Å². The number of aromatic nitrogens is 3. The van der Waals surface area contributed by atoms with Gasteiger partial charge in [-0.2, -0.15) is 0 Å². The molecule has 164 valence electrons. The van der Waals surface area contributed by atoms with Gasteiger partial charge in [0.2, 0.25) is 0 Å². The topological polar surface area (TPSA) is 77.5 Å². The number of hydrogen-bond acceptors (Lipinski definition) is 6. The van der Waals surface area contributed by atoms with Gasteiger partial charge in [0, 0.05) is 56.2 Å². The van der Waals surface area contributed by atoms with Gasteiger partial charge < -0.3 is 19.7 Å². The molecule has 10 heteroatoms. The van der Waals surface area contributed by atoms with Gasteiger partial charge in [0.1, 0.15) is 17.4 Å². The third kappa shape index (κ3) is 5.33. The maximum absolute atomic E-state index is 12.3. The lowest BCUT2D eigenvalue weighted by Gasteiger charge is -2.35. The lowest BCUT2D eigenvalue weighted by atomic mass is 10.1. The minimum atomic E-state index is -4.72. The molecule has 2 aromatic heterocycles. The third-order valence-corrected chi connectivity index (χ3v) is 5.10. The fourth-order valence-corrected chi connectivity index (χ4v) is 3.50. The number of ether oxygens (including phenoxy) is 1. The molecule has 0 spiro atoms. The molecule has 7 nitrogen and oxygen atoms in total. The van der Waals surface area contributed by atoms with Crippen molar-refractivity contribution in [2.75, 3.05) is 44.2 Å². The summed E-state index contributed by atoms with van der Waals surface area (Å²) < 4.78 is 40.8. The summed E-state index contributed by atoms with van der Waals surface area (Å²) in [6.45, 7) is 4.34. The zero-order valence-electron chi connectivity index (χ0n) is 16.6. The quantitative estimate of drug-likeness (QED) is 0.622. The number of imidazole rings is 1. The van der Waals surface area contributed by atoms with Gasteiger partial charge in [-0.05, 0) is 36.4 Å². The van der Waals surface area contributed by atoms with E-state index in [9.17, 15) is 13.2 Å². The minimum Gasteiger partial charge on any atom is -0.406 e. The van der Waals surface area contributed by atoms with Gasteiger partial charge in [-0.25, -0.2) is 9.97 Å². The summed E-state index contributed by atoms with van der Waals surface area (Å²) in [5, 5.41) is 9.04. The van der Waals surface area contributed by atoms with Gasteiger partial charge >= 0.3 is 6.36 Å². The molecule has 0 unspecified atom stereocenters. The van der Waals surface area contributed by atoms with Crippen LogP contribution in [-0.2, 0) is 0 Å². The summed E-state index contributed by atoms with van der Waals surface area (Å²) in [6, 6.07) is 9.45. The number of benzene rings is 1. The highest BCUT2D eigenvalue weighted by molar-refractivity contribution is 5.65. The van der Waals surface area contributed by atoms with Crippen LogP contribution in [-0.4, -0.2) is 70.7 Å². The van der Waals surface area contributed by atoms with Crippen LogP contribution in [0, 0.1) is 0 Å². The molecule has 0 atom stereocenters. The molecule has 2 N–H and O–H groups in total. The number of hydrogen-bond donors (Lipinski definition) is 2. The van der Waals surface area contributed by atoms with Crippen molar-refractivity contribution >= 4 is 5.82 Å². The number of halogens is 3. The smallest absolute Gasteiger partial charge is 0.406 e. The first-order valence-corrected chi connectivity index (χ1v) is 9.87. The van der Waals surface area contributed by atoms with E-state index in [4.69, 9.17) is 5.11 Å². The number of rotatable bonds is 6. The number of aromatic amines is 1. The maximum Gasteiger partial charge on any atom is 0.573 e. The molecule has 3 aromatic rings. The number of piperazine rings is 1. The summed E-state index contributed by atoms with van der Waals surface area (Å²) in [4.78, 5) is 16.6. The average molecular weight is 433 g/mol. The molecular weight excluding hydrogens is 411 g/mol. The second kappa shape index (κ2) is 8.94. The third-order valence-electron chi connectivity index (χ3n) is 5.10. The van der Waals surface area contributed by atoms with E-state index in [1.807, 2.05) is 12.1 Å². The van der Waals surface area contributed by atoms with Crippen molar-refractivity contribution in [3.8, 4) is 28.4 Å². The molecule has 0 radical (unpaired) electrons. The first kappa shape index (κ1) is 21.1. The highest BCUT2D eigenvalue weighted by Gasteiger charge is 2.31. The number of anilines is 1. The minimum absolute atomic E-state index is 0.170. The van der Waals surface area contributed by atoms with Gasteiger partial charge in [-0.3, -0.25) is 4.90 Å². The van der Waals surface area contributed by atoms with Gasteiger partial charge in [0.15, 0.2) is 0 Å². The highest BCUT2D eigenvalue weighted by atomic mass is 19.4. The largest absolute Gasteiger partial charge is 0.573 e. The molecule has 1 fully saturated rings. The SMILES string of the molecule is OCCN1CCN(c2ccc(-c3nc(-c4ccc(OC(F)(F)F)cc4)c[nH]3)cn2)CC1. The standard InChI is InChI=1S/C21H22F3N5O2/c22-21(23,24)31-17-4-1-15(2-5-17)18-14-26-20(27-18)16-3-6-19(25-13-16)29-9-7-28(8-10-29)11-12-30/h1-6,13-14,30H,7-12H2,(H,26,27). The molecule has 0 amide bonds.